The van der Waals surface area contributed by atoms with Gasteiger partial charge in [-0.1, -0.05) is 18.2 Å². The monoisotopic (exact) mass is 342 g/mol. The van der Waals surface area contributed by atoms with Crippen LogP contribution in [-0.4, -0.2) is 33.3 Å². The number of hydrogen-bond acceptors (Lipinski definition) is 3. The van der Waals surface area contributed by atoms with Gasteiger partial charge in [0.05, 0.1) is 6.04 Å². The van der Waals surface area contributed by atoms with Crippen LogP contribution in [0, 0.1) is 5.92 Å². The van der Waals surface area contributed by atoms with Crippen molar-refractivity contribution in [1.82, 2.24) is 9.88 Å². The molecule has 0 aliphatic heterocycles. The van der Waals surface area contributed by atoms with E-state index < -0.39 is 10.8 Å². The lowest BCUT2D eigenvalue weighted by atomic mass is 10.1. The van der Waals surface area contributed by atoms with Crippen LogP contribution in [0.3, 0.4) is 0 Å². The van der Waals surface area contributed by atoms with Crippen molar-refractivity contribution in [3.8, 4) is 0 Å². The fraction of sp³-hybridized carbons (Fsp3) is 0.368. The maximum absolute atomic E-state index is 12.7. The fourth-order valence-electron chi connectivity index (χ4n) is 3.05. The van der Waals surface area contributed by atoms with E-state index in [-0.39, 0.29) is 17.9 Å². The first-order chi connectivity index (χ1) is 11.5. The van der Waals surface area contributed by atoms with Gasteiger partial charge in [0, 0.05) is 47.3 Å². The predicted octanol–water partition coefficient (Wildman–Crippen LogP) is 3.14. The van der Waals surface area contributed by atoms with E-state index in [1.54, 1.807) is 12.5 Å². The number of carbonyl (C=O) groups is 1. The SMILES string of the molecule is CC(c1ccc(S(C)=O)cc1)N(C)C(=O)[C@@H]1C[C@H]1c1cccnc1. The zero-order chi connectivity index (χ0) is 17.3. The van der Waals surface area contributed by atoms with Crippen LogP contribution in [0.25, 0.3) is 0 Å². The number of aromatic nitrogens is 1. The second-order valence-corrected chi connectivity index (χ2v) is 7.76. The highest BCUT2D eigenvalue weighted by molar-refractivity contribution is 7.84. The van der Waals surface area contributed by atoms with Crippen LogP contribution >= 0.6 is 0 Å². The summed E-state index contributed by atoms with van der Waals surface area (Å²) in [5.74, 6) is 0.536. The second kappa shape index (κ2) is 6.85. The van der Waals surface area contributed by atoms with Crippen LogP contribution < -0.4 is 0 Å². The van der Waals surface area contributed by atoms with Crippen molar-refractivity contribution in [2.75, 3.05) is 13.3 Å². The maximum atomic E-state index is 12.7. The van der Waals surface area contributed by atoms with E-state index >= 15 is 0 Å². The zero-order valence-electron chi connectivity index (χ0n) is 14.2. The Morgan fingerprint density at radius 3 is 2.58 bits per heavy atom. The quantitative estimate of drug-likeness (QED) is 0.839. The summed E-state index contributed by atoms with van der Waals surface area (Å²) in [7, 11) is 0.879. The molecule has 1 fully saturated rings. The fourth-order valence-corrected chi connectivity index (χ4v) is 3.56. The lowest BCUT2D eigenvalue weighted by Crippen LogP contribution is -2.31. The zero-order valence-corrected chi connectivity index (χ0v) is 15.0. The highest BCUT2D eigenvalue weighted by Crippen LogP contribution is 2.48. The third-order valence-corrected chi connectivity index (χ3v) is 5.78. The number of rotatable bonds is 5. The van der Waals surface area contributed by atoms with Crippen LogP contribution in [0.4, 0.5) is 0 Å². The topological polar surface area (TPSA) is 50.3 Å². The molecule has 1 heterocycles. The van der Waals surface area contributed by atoms with E-state index in [2.05, 4.69) is 4.98 Å². The minimum absolute atomic E-state index is 0.00742. The van der Waals surface area contributed by atoms with Crippen molar-refractivity contribution >= 4 is 16.7 Å². The van der Waals surface area contributed by atoms with Gasteiger partial charge in [0.2, 0.25) is 5.91 Å². The van der Waals surface area contributed by atoms with Crippen LogP contribution in [-0.2, 0) is 15.6 Å². The number of benzene rings is 1. The van der Waals surface area contributed by atoms with Gasteiger partial charge < -0.3 is 4.90 Å². The number of hydrogen-bond donors (Lipinski definition) is 0. The van der Waals surface area contributed by atoms with Crippen LogP contribution in [0.1, 0.15) is 36.4 Å². The molecule has 3 rings (SSSR count). The Labute approximate surface area is 145 Å². The molecule has 2 aromatic rings. The third-order valence-electron chi connectivity index (χ3n) is 4.84. The minimum Gasteiger partial charge on any atom is -0.339 e. The summed E-state index contributed by atoms with van der Waals surface area (Å²) in [6.45, 7) is 2.03. The Balaban J connectivity index is 1.66. The molecular formula is C19H22N2O2S. The van der Waals surface area contributed by atoms with Gasteiger partial charge in [0.25, 0.3) is 0 Å². The van der Waals surface area contributed by atoms with Gasteiger partial charge in [-0.15, -0.1) is 0 Å². The van der Waals surface area contributed by atoms with E-state index in [1.807, 2.05) is 61.5 Å². The molecule has 1 amide bonds. The summed E-state index contributed by atoms with van der Waals surface area (Å²) < 4.78 is 11.5. The Bertz CT molecular complexity index is 746. The number of carbonyl (C=O) groups excluding carboxylic acids is 1. The molecule has 126 valence electrons. The molecule has 0 bridgehead atoms. The number of pyridine rings is 1. The average molecular weight is 342 g/mol. The molecular weight excluding hydrogens is 320 g/mol. The number of amides is 1. The van der Waals surface area contributed by atoms with E-state index in [0.717, 1.165) is 22.4 Å². The van der Waals surface area contributed by atoms with Crippen LogP contribution in [0.5, 0.6) is 0 Å². The van der Waals surface area contributed by atoms with Crippen molar-refractivity contribution in [2.45, 2.75) is 30.2 Å². The second-order valence-electron chi connectivity index (χ2n) is 6.38. The van der Waals surface area contributed by atoms with E-state index in [4.69, 9.17) is 0 Å². The molecule has 1 aromatic heterocycles. The van der Waals surface area contributed by atoms with Gasteiger partial charge >= 0.3 is 0 Å². The van der Waals surface area contributed by atoms with E-state index in [9.17, 15) is 9.00 Å². The molecule has 1 saturated carbocycles. The minimum atomic E-state index is -0.980. The lowest BCUT2D eigenvalue weighted by molar-refractivity contribution is -0.133. The van der Waals surface area contributed by atoms with Crippen molar-refractivity contribution in [1.29, 1.82) is 0 Å². The summed E-state index contributed by atoms with van der Waals surface area (Å²) in [5, 5.41) is 0. The smallest absolute Gasteiger partial charge is 0.226 e. The highest BCUT2D eigenvalue weighted by atomic mass is 32.2. The van der Waals surface area contributed by atoms with E-state index in [0.29, 0.717) is 5.92 Å². The molecule has 4 nitrogen and oxygen atoms in total. The van der Waals surface area contributed by atoms with Gasteiger partial charge in [0.15, 0.2) is 0 Å². The molecule has 2 unspecified atom stereocenters. The highest BCUT2D eigenvalue weighted by Gasteiger charge is 2.45. The van der Waals surface area contributed by atoms with Gasteiger partial charge in [-0.25, -0.2) is 0 Å². The first-order valence-corrected chi connectivity index (χ1v) is 9.65. The maximum Gasteiger partial charge on any atom is 0.226 e. The molecule has 0 N–H and O–H groups in total. The van der Waals surface area contributed by atoms with Crippen molar-refractivity contribution < 1.29 is 9.00 Å². The Morgan fingerprint density at radius 1 is 1.29 bits per heavy atom. The van der Waals surface area contributed by atoms with E-state index in [1.165, 1.54) is 0 Å². The summed E-state index contributed by atoms with van der Waals surface area (Å²) in [6, 6.07) is 11.6. The summed E-state index contributed by atoms with van der Waals surface area (Å²) >= 11 is 0. The van der Waals surface area contributed by atoms with Gasteiger partial charge in [-0.05, 0) is 48.6 Å². The molecule has 0 spiro atoms. The number of nitrogens with zero attached hydrogens (tertiary/aromatic N) is 2. The molecule has 1 aliphatic carbocycles. The molecule has 0 saturated heterocycles. The first kappa shape index (κ1) is 16.8. The molecule has 1 aliphatic rings. The van der Waals surface area contributed by atoms with Crippen molar-refractivity contribution in [3.63, 3.8) is 0 Å². The van der Waals surface area contributed by atoms with Gasteiger partial charge in [-0.3, -0.25) is 14.0 Å². The normalized spacial score (nSPS) is 21.8. The van der Waals surface area contributed by atoms with Crippen LogP contribution in [0.15, 0.2) is 53.7 Å². The summed E-state index contributed by atoms with van der Waals surface area (Å²) in [5.41, 5.74) is 2.20. The summed E-state index contributed by atoms with van der Waals surface area (Å²) in [4.78, 5) is 19.5. The molecule has 0 radical (unpaired) electrons. The molecule has 24 heavy (non-hydrogen) atoms. The standard InChI is InChI=1S/C19H22N2O2S/c1-13(14-6-8-16(9-7-14)24(3)23)21(2)19(22)18-11-17(18)15-5-4-10-20-12-15/h4-10,12-13,17-18H,11H2,1-3H3/t13?,17-,18+,24?/m0/s1. The van der Waals surface area contributed by atoms with Crippen molar-refractivity contribution in [3.05, 3.63) is 59.9 Å². The molecule has 1 aromatic carbocycles. The third kappa shape index (κ3) is 3.41. The Kier molecular flexibility index (Phi) is 4.81. The molecule has 5 heteroatoms. The Hall–Kier alpha value is -2.01. The van der Waals surface area contributed by atoms with Gasteiger partial charge in [-0.2, -0.15) is 0 Å². The van der Waals surface area contributed by atoms with Gasteiger partial charge in [0.1, 0.15) is 0 Å². The Morgan fingerprint density at radius 2 is 2.00 bits per heavy atom. The van der Waals surface area contributed by atoms with Crippen molar-refractivity contribution in [2.24, 2.45) is 5.92 Å². The lowest BCUT2D eigenvalue weighted by Gasteiger charge is -2.26. The largest absolute Gasteiger partial charge is 0.339 e. The van der Waals surface area contributed by atoms with Crippen LogP contribution in [0.2, 0.25) is 0 Å². The first-order valence-electron chi connectivity index (χ1n) is 8.09. The molecule has 4 atom stereocenters. The predicted molar refractivity (Wildman–Crippen MR) is 95.0 cm³/mol. The average Bonchev–Trinajstić information content (AvgIpc) is 3.41. The summed E-state index contributed by atoms with van der Waals surface area (Å²) in [6.07, 6.45) is 6.17.